The van der Waals surface area contributed by atoms with Gasteiger partial charge in [0, 0.05) is 38.6 Å². The third kappa shape index (κ3) is 8.85. The predicted octanol–water partition coefficient (Wildman–Crippen LogP) is 17.5. The van der Waals surface area contributed by atoms with Crippen LogP contribution >= 0.6 is 0 Å². The second kappa shape index (κ2) is 20.1. The second-order valence-corrected chi connectivity index (χ2v) is 20.0. The van der Waals surface area contributed by atoms with E-state index < -0.39 is 5.41 Å². The minimum Gasteiger partial charge on any atom is -0.490 e. The molecule has 0 aliphatic heterocycles. The average molecular weight is 999 g/mol. The molecule has 5 nitrogen and oxygen atoms in total. The monoisotopic (exact) mass is 998 g/mol. The smallest absolute Gasteiger partial charge is 0.135 e. The van der Waals surface area contributed by atoms with E-state index in [0.29, 0.717) is 11.5 Å². The van der Waals surface area contributed by atoms with E-state index in [1.807, 2.05) is 18.2 Å². The van der Waals surface area contributed by atoms with Crippen LogP contribution in [0.4, 0.5) is 0 Å². The Balaban J connectivity index is 1.14. The number of fused-ring (bicyclic) bond motifs is 5. The zero-order chi connectivity index (χ0) is 51.9. The number of hydrogen-bond donors (Lipinski definition) is 2. The van der Waals surface area contributed by atoms with Gasteiger partial charge >= 0.3 is 0 Å². The van der Waals surface area contributed by atoms with Crippen molar-refractivity contribution in [2.45, 2.75) is 12.3 Å². The van der Waals surface area contributed by atoms with Crippen molar-refractivity contribution in [3.63, 3.8) is 0 Å². The van der Waals surface area contributed by atoms with Crippen LogP contribution in [0.5, 0.6) is 11.5 Å². The van der Waals surface area contributed by atoms with Crippen molar-refractivity contribution in [3.8, 4) is 67.3 Å². The molecular weight excluding hydrogens is 945 g/mol. The van der Waals surface area contributed by atoms with E-state index in [-0.39, 0.29) is 26.4 Å². The van der Waals surface area contributed by atoms with Crippen molar-refractivity contribution < 1.29 is 24.1 Å². The summed E-state index contributed by atoms with van der Waals surface area (Å²) in [7, 11) is 0. The van der Waals surface area contributed by atoms with Crippen LogP contribution in [0, 0.1) is 0 Å². The molecule has 13 rings (SSSR count). The molecule has 5 heteroatoms. The minimum absolute atomic E-state index is 0.112. The Morgan fingerprint density at radius 1 is 0.325 bits per heavy atom. The highest BCUT2D eigenvalue weighted by molar-refractivity contribution is 5.96. The fraction of sp³-hybridized carbons (Fsp3) is 0.0833. The zero-order valence-electron chi connectivity index (χ0n) is 42.6. The molecule has 0 aliphatic rings. The highest BCUT2D eigenvalue weighted by atomic mass is 16.5. The van der Waals surface area contributed by atoms with Crippen LogP contribution in [0.3, 0.4) is 0 Å². The summed E-state index contributed by atoms with van der Waals surface area (Å²) in [5.41, 5.74) is 11.6. The van der Waals surface area contributed by atoms with E-state index >= 15 is 0 Å². The van der Waals surface area contributed by atoms with Crippen LogP contribution in [0.25, 0.3) is 110 Å². The Labute approximate surface area is 447 Å². The van der Waals surface area contributed by atoms with Crippen molar-refractivity contribution in [2.24, 2.45) is 0 Å². The number of furan rings is 1. The van der Waals surface area contributed by atoms with Gasteiger partial charge in [-0.3, -0.25) is 0 Å². The van der Waals surface area contributed by atoms with Gasteiger partial charge in [0.1, 0.15) is 36.1 Å². The van der Waals surface area contributed by atoms with Crippen LogP contribution in [-0.2, 0) is 5.41 Å². The Morgan fingerprint density at radius 3 is 1.00 bits per heavy atom. The highest BCUT2D eigenvalue weighted by Crippen LogP contribution is 2.51. The fourth-order valence-corrected chi connectivity index (χ4v) is 11.3. The maximum absolute atomic E-state index is 10.4. The summed E-state index contributed by atoms with van der Waals surface area (Å²) in [5.74, 6) is 2.18. The molecule has 372 valence electrons. The Hall–Kier alpha value is -9.26. The summed E-state index contributed by atoms with van der Waals surface area (Å²) < 4.78 is 20.1. The van der Waals surface area contributed by atoms with E-state index in [2.05, 4.69) is 237 Å². The summed E-state index contributed by atoms with van der Waals surface area (Å²) >= 11 is 0. The molecule has 0 bridgehead atoms. The molecule has 0 radical (unpaired) electrons. The van der Waals surface area contributed by atoms with Gasteiger partial charge in [0.2, 0.25) is 0 Å². The Kier molecular flexibility index (Phi) is 12.4. The van der Waals surface area contributed by atoms with Crippen molar-refractivity contribution in [1.29, 1.82) is 0 Å². The first kappa shape index (κ1) is 47.5. The maximum Gasteiger partial charge on any atom is 0.135 e. The molecule has 0 atom stereocenters. The van der Waals surface area contributed by atoms with E-state index in [0.717, 1.165) is 127 Å². The highest BCUT2D eigenvalue weighted by Gasteiger charge is 2.36. The lowest BCUT2D eigenvalue weighted by Crippen LogP contribution is -2.26. The standard InChI is InChI=1S/C72H54O5/c1-72(61-32-30-51(31-33-61)69-42-60-20-10-11-21-68(60)77-69,62-43-64(56-26-22-47-12-2-6-16-52(47)38-56)70(75-36-34-73)65(44-62)57-27-23-48-13-3-7-17-53(48)39-57)63-45-66(58-28-24-49-14-4-8-18-54(49)40-58)71(76-37-35-74)67(46-63)59-29-25-50-15-5-9-19-55(50)41-59/h2-33,38-46,73-74H,34-37H2,1H3. The third-order valence-electron chi connectivity index (χ3n) is 15.4. The SMILES string of the molecule is CC(c1ccc(-c2cc3ccccc3o2)cc1)(c1cc(-c2ccc3ccccc3c2)c(OCCO)c(-c2ccc3ccccc3c2)c1)c1cc(-c2ccc3ccccc3c2)c(OCCO)c(-c2ccc3ccccc3c2)c1. The van der Waals surface area contributed by atoms with Gasteiger partial charge in [0.05, 0.1) is 13.2 Å². The van der Waals surface area contributed by atoms with Crippen molar-refractivity contribution in [1.82, 2.24) is 0 Å². The number of aliphatic hydroxyl groups is 2. The summed E-state index contributed by atoms with van der Waals surface area (Å²) in [5, 5.41) is 30.9. The molecule has 13 aromatic rings. The van der Waals surface area contributed by atoms with Gasteiger partial charge in [-0.25, -0.2) is 0 Å². The first-order valence-electron chi connectivity index (χ1n) is 26.3. The van der Waals surface area contributed by atoms with Gasteiger partial charge in [-0.15, -0.1) is 0 Å². The first-order chi connectivity index (χ1) is 37.9. The van der Waals surface area contributed by atoms with Gasteiger partial charge in [-0.05, 0) is 150 Å². The van der Waals surface area contributed by atoms with Gasteiger partial charge < -0.3 is 24.1 Å². The average Bonchev–Trinajstić information content (AvgIpc) is 3.97. The largest absolute Gasteiger partial charge is 0.490 e. The van der Waals surface area contributed by atoms with E-state index in [9.17, 15) is 10.2 Å². The molecule has 1 heterocycles. The van der Waals surface area contributed by atoms with Crippen molar-refractivity contribution in [2.75, 3.05) is 26.4 Å². The molecule has 0 unspecified atom stereocenters. The third-order valence-corrected chi connectivity index (χ3v) is 15.4. The minimum atomic E-state index is -0.883. The molecule has 0 fully saturated rings. The number of rotatable bonds is 14. The Bertz CT molecular complexity index is 3890. The topological polar surface area (TPSA) is 72.1 Å². The molecule has 1 aromatic heterocycles. The van der Waals surface area contributed by atoms with Gasteiger partial charge in [-0.2, -0.15) is 0 Å². The van der Waals surface area contributed by atoms with E-state index in [4.69, 9.17) is 13.9 Å². The van der Waals surface area contributed by atoms with E-state index in [1.165, 1.54) is 0 Å². The summed E-state index contributed by atoms with van der Waals surface area (Å²) in [6, 6.07) is 88.4. The lowest BCUT2D eigenvalue weighted by molar-refractivity contribution is 0.202. The molecule has 12 aromatic carbocycles. The maximum atomic E-state index is 10.4. The van der Waals surface area contributed by atoms with Crippen LogP contribution in [0.2, 0.25) is 0 Å². The molecular formula is C72H54O5. The van der Waals surface area contributed by atoms with Crippen LogP contribution in [0.1, 0.15) is 23.6 Å². The quantitative estimate of drug-likeness (QED) is 0.106. The molecule has 0 aliphatic carbocycles. The van der Waals surface area contributed by atoms with Gasteiger partial charge in [0.25, 0.3) is 0 Å². The molecule has 0 saturated carbocycles. The molecule has 0 saturated heterocycles. The number of para-hydroxylation sites is 1. The number of ether oxygens (including phenoxy) is 2. The first-order valence-corrected chi connectivity index (χ1v) is 26.3. The second-order valence-electron chi connectivity index (χ2n) is 20.0. The summed E-state index contributed by atoms with van der Waals surface area (Å²) in [6.07, 6.45) is 0. The zero-order valence-corrected chi connectivity index (χ0v) is 42.6. The number of benzene rings is 12. The predicted molar refractivity (Wildman–Crippen MR) is 317 cm³/mol. The molecule has 0 spiro atoms. The van der Waals surface area contributed by atoms with Crippen molar-refractivity contribution >= 4 is 54.1 Å². The Morgan fingerprint density at radius 2 is 0.649 bits per heavy atom. The van der Waals surface area contributed by atoms with Crippen molar-refractivity contribution in [3.05, 3.63) is 265 Å². The van der Waals surface area contributed by atoms with Crippen LogP contribution in [-0.4, -0.2) is 36.6 Å². The van der Waals surface area contributed by atoms with Gasteiger partial charge in [-0.1, -0.05) is 188 Å². The number of aliphatic hydroxyl groups excluding tert-OH is 2. The molecule has 77 heavy (non-hydrogen) atoms. The van der Waals surface area contributed by atoms with Crippen LogP contribution < -0.4 is 9.47 Å². The summed E-state index contributed by atoms with van der Waals surface area (Å²) in [4.78, 5) is 0. The van der Waals surface area contributed by atoms with E-state index in [1.54, 1.807) is 0 Å². The van der Waals surface area contributed by atoms with Gasteiger partial charge in [0.15, 0.2) is 0 Å². The fourth-order valence-electron chi connectivity index (χ4n) is 11.3. The summed E-state index contributed by atoms with van der Waals surface area (Å²) in [6.45, 7) is 2.26. The number of hydrogen-bond acceptors (Lipinski definition) is 5. The lowest BCUT2D eigenvalue weighted by Gasteiger charge is -2.35. The normalized spacial score (nSPS) is 11.8. The molecule has 2 N–H and O–H groups in total. The van der Waals surface area contributed by atoms with Crippen LogP contribution in [0.15, 0.2) is 253 Å². The lowest BCUT2D eigenvalue weighted by atomic mass is 9.68. The molecule has 0 amide bonds.